The van der Waals surface area contributed by atoms with E-state index >= 15 is 0 Å². The highest BCUT2D eigenvalue weighted by atomic mass is 16.2. The van der Waals surface area contributed by atoms with Gasteiger partial charge in [0.2, 0.25) is 5.91 Å². The van der Waals surface area contributed by atoms with Crippen LogP contribution in [0.25, 0.3) is 0 Å². The van der Waals surface area contributed by atoms with Crippen molar-refractivity contribution >= 4 is 23.2 Å². The van der Waals surface area contributed by atoms with Gasteiger partial charge in [0.05, 0.1) is 5.92 Å². The van der Waals surface area contributed by atoms with Crippen molar-refractivity contribution in [1.29, 1.82) is 0 Å². The van der Waals surface area contributed by atoms with Crippen LogP contribution in [-0.4, -0.2) is 32.5 Å². The van der Waals surface area contributed by atoms with Crippen LogP contribution in [0.4, 0.5) is 11.4 Å². The number of nitrogens with zero attached hydrogens (tertiary/aromatic N) is 1. The lowest BCUT2D eigenvalue weighted by Gasteiger charge is -2.13. The maximum Gasteiger partial charge on any atom is 0.251 e. The zero-order chi connectivity index (χ0) is 17.1. The highest BCUT2D eigenvalue weighted by molar-refractivity contribution is 6.02. The van der Waals surface area contributed by atoms with E-state index in [1.54, 1.807) is 0 Å². The number of hydrogen-bond donors (Lipinski definition) is 2. The Morgan fingerprint density at radius 1 is 1.12 bits per heavy atom. The van der Waals surface area contributed by atoms with Crippen molar-refractivity contribution in [3.05, 3.63) is 59.7 Å². The van der Waals surface area contributed by atoms with Gasteiger partial charge in [-0.2, -0.15) is 0 Å². The van der Waals surface area contributed by atoms with Gasteiger partial charge in [0.25, 0.3) is 5.91 Å². The van der Waals surface area contributed by atoms with Gasteiger partial charge in [-0.05, 0) is 42.3 Å². The number of para-hydroxylation sites is 1. The van der Waals surface area contributed by atoms with Crippen molar-refractivity contribution in [1.82, 2.24) is 5.32 Å². The van der Waals surface area contributed by atoms with Gasteiger partial charge in [-0.3, -0.25) is 9.59 Å². The zero-order valence-corrected chi connectivity index (χ0v) is 13.9. The molecule has 0 radical (unpaired) electrons. The van der Waals surface area contributed by atoms with Gasteiger partial charge in [0.15, 0.2) is 0 Å². The van der Waals surface area contributed by atoms with E-state index in [0.717, 1.165) is 16.9 Å². The second-order valence-corrected chi connectivity index (χ2v) is 6.11. The zero-order valence-electron chi connectivity index (χ0n) is 13.9. The molecule has 1 aliphatic rings. The van der Waals surface area contributed by atoms with Crippen LogP contribution in [0.15, 0.2) is 48.5 Å². The average Bonchev–Trinajstić information content (AvgIpc) is 2.90. The summed E-state index contributed by atoms with van der Waals surface area (Å²) in [6.07, 6.45) is 0.588. The van der Waals surface area contributed by atoms with Crippen LogP contribution >= 0.6 is 0 Å². The number of fused-ring (bicyclic) bond motifs is 1. The summed E-state index contributed by atoms with van der Waals surface area (Å²) in [5.74, 6) is -0.314. The molecule has 2 aromatic carbocycles. The van der Waals surface area contributed by atoms with E-state index in [1.165, 1.54) is 0 Å². The maximum absolute atomic E-state index is 12.2. The fraction of sp³-hybridized carbons (Fsp3) is 0.263. The molecule has 1 heterocycles. The van der Waals surface area contributed by atoms with E-state index in [9.17, 15) is 9.59 Å². The largest absolute Gasteiger partial charge is 0.378 e. The van der Waals surface area contributed by atoms with Crippen LogP contribution in [0.5, 0.6) is 0 Å². The number of hydrogen-bond acceptors (Lipinski definition) is 3. The van der Waals surface area contributed by atoms with Crippen LogP contribution in [0.3, 0.4) is 0 Å². The topological polar surface area (TPSA) is 61.4 Å². The predicted molar refractivity (Wildman–Crippen MR) is 95.5 cm³/mol. The fourth-order valence-corrected chi connectivity index (χ4v) is 2.91. The summed E-state index contributed by atoms with van der Waals surface area (Å²) in [5, 5.41) is 5.77. The summed E-state index contributed by atoms with van der Waals surface area (Å²) in [6, 6.07) is 15.1. The summed E-state index contributed by atoms with van der Waals surface area (Å²) in [4.78, 5) is 26.2. The number of benzene rings is 2. The molecule has 0 saturated heterocycles. The second-order valence-electron chi connectivity index (χ2n) is 6.11. The van der Waals surface area contributed by atoms with Gasteiger partial charge in [-0.25, -0.2) is 0 Å². The van der Waals surface area contributed by atoms with Gasteiger partial charge in [0, 0.05) is 37.6 Å². The van der Waals surface area contributed by atoms with Crippen molar-refractivity contribution in [2.24, 2.45) is 0 Å². The number of anilines is 2. The van der Waals surface area contributed by atoms with Crippen molar-refractivity contribution in [3.8, 4) is 0 Å². The van der Waals surface area contributed by atoms with Crippen molar-refractivity contribution < 1.29 is 9.59 Å². The van der Waals surface area contributed by atoms with Crippen molar-refractivity contribution in [2.75, 3.05) is 30.9 Å². The van der Waals surface area contributed by atoms with Crippen LogP contribution < -0.4 is 15.5 Å². The Balaban J connectivity index is 1.56. The number of carbonyl (C=O) groups excluding carboxylic acids is 2. The molecule has 0 aromatic heterocycles. The van der Waals surface area contributed by atoms with Gasteiger partial charge in [-0.15, -0.1) is 0 Å². The summed E-state index contributed by atoms with van der Waals surface area (Å²) in [5.41, 5.74) is 3.55. The first kappa shape index (κ1) is 16.1. The molecule has 5 nitrogen and oxygen atoms in total. The first-order valence-corrected chi connectivity index (χ1v) is 8.01. The first-order chi connectivity index (χ1) is 11.6. The minimum Gasteiger partial charge on any atom is -0.378 e. The summed E-state index contributed by atoms with van der Waals surface area (Å²) < 4.78 is 0. The molecule has 0 aliphatic carbocycles. The Kier molecular flexibility index (Phi) is 4.51. The summed E-state index contributed by atoms with van der Waals surface area (Å²) in [7, 11) is 3.92. The van der Waals surface area contributed by atoms with Gasteiger partial charge in [0.1, 0.15) is 0 Å². The van der Waals surface area contributed by atoms with Gasteiger partial charge >= 0.3 is 0 Å². The Hall–Kier alpha value is -2.82. The molecule has 0 saturated carbocycles. The SMILES string of the molecule is CN(C)c1ccc(C(=O)NCCC2C(=O)Nc3ccccc32)cc1. The van der Waals surface area contributed by atoms with Crippen LogP contribution in [0.1, 0.15) is 28.3 Å². The van der Waals surface area contributed by atoms with E-state index < -0.39 is 0 Å². The molecule has 2 amide bonds. The normalized spacial score (nSPS) is 15.6. The smallest absolute Gasteiger partial charge is 0.251 e. The Morgan fingerprint density at radius 3 is 2.54 bits per heavy atom. The van der Waals surface area contributed by atoms with Crippen LogP contribution in [0, 0.1) is 0 Å². The van der Waals surface area contributed by atoms with E-state index in [4.69, 9.17) is 0 Å². The molecule has 0 spiro atoms. The molecule has 2 N–H and O–H groups in total. The van der Waals surface area contributed by atoms with Gasteiger partial charge < -0.3 is 15.5 Å². The number of carbonyl (C=O) groups is 2. The molecule has 0 bridgehead atoms. The Morgan fingerprint density at radius 2 is 1.83 bits per heavy atom. The first-order valence-electron chi connectivity index (χ1n) is 8.01. The van der Waals surface area contributed by atoms with Gasteiger partial charge in [-0.1, -0.05) is 18.2 Å². The molecule has 3 rings (SSSR count). The van der Waals surface area contributed by atoms with E-state index in [-0.39, 0.29) is 17.7 Å². The Bertz CT molecular complexity index is 753. The minimum absolute atomic E-state index is 0.000727. The quantitative estimate of drug-likeness (QED) is 0.889. The maximum atomic E-state index is 12.2. The van der Waals surface area contributed by atoms with Crippen LogP contribution in [0.2, 0.25) is 0 Å². The van der Waals surface area contributed by atoms with Crippen molar-refractivity contribution in [2.45, 2.75) is 12.3 Å². The average molecular weight is 323 g/mol. The summed E-state index contributed by atoms with van der Waals surface area (Å²) >= 11 is 0. The molecule has 0 fully saturated rings. The monoisotopic (exact) mass is 323 g/mol. The Labute approximate surface area is 141 Å². The van der Waals surface area contributed by atoms with E-state index in [2.05, 4.69) is 10.6 Å². The molecule has 1 unspecified atom stereocenters. The highest BCUT2D eigenvalue weighted by Gasteiger charge is 2.29. The lowest BCUT2D eigenvalue weighted by molar-refractivity contribution is -0.117. The number of rotatable bonds is 5. The second kappa shape index (κ2) is 6.74. The molecular weight excluding hydrogens is 302 g/mol. The molecule has 5 heteroatoms. The molecule has 124 valence electrons. The molecule has 1 atom stereocenters. The molecular formula is C19H21N3O2. The molecule has 2 aromatic rings. The highest BCUT2D eigenvalue weighted by Crippen LogP contribution is 2.33. The predicted octanol–water partition coefficient (Wildman–Crippen LogP) is 2.61. The standard InChI is InChI=1S/C19H21N3O2/c1-22(2)14-9-7-13(8-10-14)18(23)20-12-11-16-15-5-3-4-6-17(15)21-19(16)24/h3-10,16H,11-12H2,1-2H3,(H,20,23)(H,21,24). The third-order valence-electron chi connectivity index (χ3n) is 4.28. The lowest BCUT2D eigenvalue weighted by Crippen LogP contribution is -2.27. The van der Waals surface area contributed by atoms with E-state index in [0.29, 0.717) is 18.5 Å². The van der Waals surface area contributed by atoms with Crippen LogP contribution in [-0.2, 0) is 4.79 Å². The number of nitrogens with one attached hydrogen (secondary N) is 2. The third kappa shape index (κ3) is 3.25. The molecule has 1 aliphatic heterocycles. The molecule has 24 heavy (non-hydrogen) atoms. The summed E-state index contributed by atoms with van der Waals surface area (Å²) in [6.45, 7) is 0.459. The third-order valence-corrected chi connectivity index (χ3v) is 4.28. The fourth-order valence-electron chi connectivity index (χ4n) is 2.91. The van der Waals surface area contributed by atoms with Crippen molar-refractivity contribution in [3.63, 3.8) is 0 Å². The number of amides is 2. The minimum atomic E-state index is -0.197. The van der Waals surface area contributed by atoms with E-state index in [1.807, 2.05) is 67.5 Å². The lowest BCUT2D eigenvalue weighted by atomic mass is 9.97.